The van der Waals surface area contributed by atoms with Crippen LogP contribution in [-0.4, -0.2) is 18.1 Å². The molecule has 0 fully saturated rings. The molecule has 2 aromatic carbocycles. The van der Waals surface area contributed by atoms with E-state index in [4.69, 9.17) is 4.74 Å². The van der Waals surface area contributed by atoms with Gasteiger partial charge in [-0.05, 0) is 30.7 Å². The molecule has 6 heteroatoms. The minimum atomic E-state index is -0.395. The fourth-order valence-electron chi connectivity index (χ4n) is 1.81. The van der Waals surface area contributed by atoms with Gasteiger partial charge >= 0.3 is 0 Å². The van der Waals surface area contributed by atoms with Gasteiger partial charge in [-0.3, -0.25) is 10.1 Å². The smallest absolute Gasteiger partial charge is 0.293 e. The van der Waals surface area contributed by atoms with Crippen molar-refractivity contribution in [1.29, 1.82) is 0 Å². The summed E-state index contributed by atoms with van der Waals surface area (Å²) in [6.45, 7) is 1.16. The molecule has 1 N–H and O–H groups in total. The maximum absolute atomic E-state index is 11.0. The summed E-state index contributed by atoms with van der Waals surface area (Å²) in [6.07, 6.45) is 0.752. The van der Waals surface area contributed by atoms with Gasteiger partial charge in [0.05, 0.1) is 11.5 Å². The standard InChI is InChI=1S/C15H15BrN2O3/c16-12-7-8-14(15(11-12)18(19)20)17-9-4-10-21-13-5-2-1-3-6-13/h1-3,5-8,11,17H,4,9-10H2. The summed E-state index contributed by atoms with van der Waals surface area (Å²) >= 11 is 3.23. The second-order valence-electron chi connectivity index (χ2n) is 4.36. The Morgan fingerprint density at radius 1 is 1.19 bits per heavy atom. The predicted octanol–water partition coefficient (Wildman–Crippen LogP) is 4.24. The molecule has 21 heavy (non-hydrogen) atoms. The monoisotopic (exact) mass is 350 g/mol. The van der Waals surface area contributed by atoms with E-state index in [2.05, 4.69) is 21.2 Å². The summed E-state index contributed by atoms with van der Waals surface area (Å²) in [5.74, 6) is 0.826. The molecular weight excluding hydrogens is 336 g/mol. The molecule has 5 nitrogen and oxygen atoms in total. The zero-order valence-electron chi connectivity index (χ0n) is 11.3. The average molecular weight is 351 g/mol. The van der Waals surface area contributed by atoms with Crippen LogP contribution in [0.2, 0.25) is 0 Å². The third-order valence-corrected chi connectivity index (χ3v) is 3.30. The summed E-state index contributed by atoms with van der Waals surface area (Å²) in [5, 5.41) is 14.0. The third kappa shape index (κ3) is 4.75. The van der Waals surface area contributed by atoms with Gasteiger partial charge in [0.2, 0.25) is 0 Å². The van der Waals surface area contributed by atoms with E-state index < -0.39 is 4.92 Å². The molecule has 0 spiro atoms. The van der Waals surface area contributed by atoms with E-state index in [0.717, 1.165) is 12.2 Å². The highest BCUT2D eigenvalue weighted by Crippen LogP contribution is 2.27. The molecule has 0 unspecified atom stereocenters. The molecule has 0 saturated heterocycles. The molecule has 0 atom stereocenters. The van der Waals surface area contributed by atoms with Crippen molar-refractivity contribution >= 4 is 27.3 Å². The fraction of sp³-hybridized carbons (Fsp3) is 0.200. The lowest BCUT2D eigenvalue weighted by molar-refractivity contribution is -0.384. The first-order chi connectivity index (χ1) is 10.2. The number of hydrogen-bond donors (Lipinski definition) is 1. The number of nitrogens with zero attached hydrogens (tertiary/aromatic N) is 1. The molecule has 2 rings (SSSR count). The maximum Gasteiger partial charge on any atom is 0.293 e. The van der Waals surface area contributed by atoms with E-state index in [1.54, 1.807) is 12.1 Å². The molecule has 0 heterocycles. The Kier molecular flexibility index (Phi) is 5.57. The van der Waals surface area contributed by atoms with E-state index >= 15 is 0 Å². The summed E-state index contributed by atoms with van der Waals surface area (Å²) in [6, 6.07) is 14.5. The van der Waals surface area contributed by atoms with Crippen molar-refractivity contribution < 1.29 is 9.66 Å². The van der Waals surface area contributed by atoms with E-state index in [1.807, 2.05) is 30.3 Å². The molecule has 0 saturated carbocycles. The van der Waals surface area contributed by atoms with Crippen LogP contribution in [0.3, 0.4) is 0 Å². The lowest BCUT2D eigenvalue weighted by Crippen LogP contribution is -2.08. The number of benzene rings is 2. The number of hydrogen-bond acceptors (Lipinski definition) is 4. The number of nitro groups is 1. The van der Waals surface area contributed by atoms with Gasteiger partial charge < -0.3 is 10.1 Å². The van der Waals surface area contributed by atoms with Crippen molar-refractivity contribution in [3.8, 4) is 5.75 Å². The molecule has 0 aromatic heterocycles. The topological polar surface area (TPSA) is 64.4 Å². The van der Waals surface area contributed by atoms with Gasteiger partial charge in [-0.15, -0.1) is 0 Å². The molecule has 0 aliphatic rings. The molecule has 0 aliphatic carbocycles. The van der Waals surface area contributed by atoms with Gasteiger partial charge in [-0.1, -0.05) is 34.1 Å². The second kappa shape index (κ2) is 7.64. The Bertz CT molecular complexity index is 605. The van der Waals surface area contributed by atoms with E-state index in [9.17, 15) is 10.1 Å². The minimum absolute atomic E-state index is 0.0633. The highest BCUT2D eigenvalue weighted by molar-refractivity contribution is 9.10. The first kappa shape index (κ1) is 15.3. The summed E-state index contributed by atoms with van der Waals surface area (Å²) in [4.78, 5) is 10.6. The highest BCUT2D eigenvalue weighted by atomic mass is 79.9. The van der Waals surface area contributed by atoms with Crippen molar-refractivity contribution in [3.05, 3.63) is 63.1 Å². The zero-order valence-corrected chi connectivity index (χ0v) is 12.9. The molecular formula is C15H15BrN2O3. The predicted molar refractivity (Wildman–Crippen MR) is 85.8 cm³/mol. The van der Waals surface area contributed by atoms with Gasteiger partial charge in [0.1, 0.15) is 11.4 Å². The second-order valence-corrected chi connectivity index (χ2v) is 5.28. The van der Waals surface area contributed by atoms with Crippen LogP contribution < -0.4 is 10.1 Å². The molecule has 110 valence electrons. The van der Waals surface area contributed by atoms with E-state index in [1.165, 1.54) is 6.07 Å². The number of nitrogens with one attached hydrogen (secondary N) is 1. The van der Waals surface area contributed by atoms with Crippen molar-refractivity contribution in [2.75, 3.05) is 18.5 Å². The number of halogens is 1. The van der Waals surface area contributed by atoms with Crippen molar-refractivity contribution in [3.63, 3.8) is 0 Å². The number of para-hydroxylation sites is 1. The van der Waals surface area contributed by atoms with Crippen LogP contribution in [0.4, 0.5) is 11.4 Å². The Labute approximate surface area is 131 Å². The first-order valence-electron chi connectivity index (χ1n) is 6.52. The quantitative estimate of drug-likeness (QED) is 0.460. The molecule has 0 amide bonds. The van der Waals surface area contributed by atoms with Crippen LogP contribution in [0.5, 0.6) is 5.75 Å². The van der Waals surface area contributed by atoms with Crippen molar-refractivity contribution in [2.24, 2.45) is 0 Å². The minimum Gasteiger partial charge on any atom is -0.494 e. The largest absolute Gasteiger partial charge is 0.494 e. The Balaban J connectivity index is 1.80. The summed E-state index contributed by atoms with van der Waals surface area (Å²) < 4.78 is 6.25. The van der Waals surface area contributed by atoms with Crippen LogP contribution in [0, 0.1) is 10.1 Å². The van der Waals surface area contributed by atoms with Crippen molar-refractivity contribution in [2.45, 2.75) is 6.42 Å². The van der Waals surface area contributed by atoms with Crippen LogP contribution in [-0.2, 0) is 0 Å². The number of nitro benzene ring substituents is 1. The lowest BCUT2D eigenvalue weighted by atomic mass is 10.2. The zero-order chi connectivity index (χ0) is 15.1. The molecule has 0 radical (unpaired) electrons. The van der Waals surface area contributed by atoms with Gasteiger partial charge in [-0.25, -0.2) is 0 Å². The SMILES string of the molecule is O=[N+]([O-])c1cc(Br)ccc1NCCCOc1ccccc1. The Hall–Kier alpha value is -2.08. The first-order valence-corrected chi connectivity index (χ1v) is 7.32. The maximum atomic E-state index is 11.0. The van der Waals surface area contributed by atoms with E-state index in [0.29, 0.717) is 23.3 Å². The summed E-state index contributed by atoms with van der Waals surface area (Å²) in [5.41, 5.74) is 0.580. The van der Waals surface area contributed by atoms with Crippen LogP contribution in [0.15, 0.2) is 53.0 Å². The van der Waals surface area contributed by atoms with Crippen LogP contribution in [0.25, 0.3) is 0 Å². The Morgan fingerprint density at radius 2 is 1.95 bits per heavy atom. The van der Waals surface area contributed by atoms with Gasteiger partial charge in [0.15, 0.2) is 0 Å². The van der Waals surface area contributed by atoms with Gasteiger partial charge in [0, 0.05) is 17.1 Å². The lowest BCUT2D eigenvalue weighted by Gasteiger charge is -2.08. The van der Waals surface area contributed by atoms with E-state index in [-0.39, 0.29) is 5.69 Å². The number of rotatable bonds is 7. The molecule has 0 aliphatic heterocycles. The van der Waals surface area contributed by atoms with Gasteiger partial charge in [-0.2, -0.15) is 0 Å². The Morgan fingerprint density at radius 3 is 2.67 bits per heavy atom. The summed E-state index contributed by atoms with van der Waals surface area (Å²) in [7, 11) is 0. The molecule has 0 bridgehead atoms. The number of ether oxygens (including phenoxy) is 1. The normalized spacial score (nSPS) is 10.1. The van der Waals surface area contributed by atoms with Gasteiger partial charge in [0.25, 0.3) is 5.69 Å². The number of anilines is 1. The highest BCUT2D eigenvalue weighted by Gasteiger charge is 2.13. The average Bonchev–Trinajstić information content (AvgIpc) is 2.49. The molecule has 2 aromatic rings. The van der Waals surface area contributed by atoms with Crippen LogP contribution in [0.1, 0.15) is 6.42 Å². The third-order valence-electron chi connectivity index (χ3n) is 2.80. The van der Waals surface area contributed by atoms with Crippen molar-refractivity contribution in [1.82, 2.24) is 0 Å². The fourth-order valence-corrected chi connectivity index (χ4v) is 2.16. The van der Waals surface area contributed by atoms with Crippen LogP contribution >= 0.6 is 15.9 Å².